The van der Waals surface area contributed by atoms with E-state index in [1.807, 2.05) is 12.1 Å². The fourth-order valence-electron chi connectivity index (χ4n) is 2.54. The molecule has 4 nitrogen and oxygen atoms in total. The second kappa shape index (κ2) is 5.35. The van der Waals surface area contributed by atoms with Crippen molar-refractivity contribution in [1.29, 1.82) is 0 Å². The number of benzene rings is 1. The summed E-state index contributed by atoms with van der Waals surface area (Å²) >= 11 is 1.72. The average molecular weight is 275 g/mol. The molecule has 1 aliphatic carbocycles. The molecule has 1 fully saturated rings. The van der Waals surface area contributed by atoms with E-state index in [9.17, 15) is 0 Å². The third-order valence-electron chi connectivity index (χ3n) is 3.68. The number of rotatable bonds is 3. The van der Waals surface area contributed by atoms with Crippen molar-refractivity contribution in [2.45, 2.75) is 36.1 Å². The van der Waals surface area contributed by atoms with Gasteiger partial charge in [-0.1, -0.05) is 11.6 Å². The van der Waals surface area contributed by atoms with Crippen molar-refractivity contribution in [2.75, 3.05) is 6.26 Å². The van der Waals surface area contributed by atoms with Crippen LogP contribution in [0.15, 0.2) is 33.7 Å². The predicted molar refractivity (Wildman–Crippen MR) is 76.1 cm³/mol. The van der Waals surface area contributed by atoms with E-state index in [0.717, 1.165) is 24.8 Å². The van der Waals surface area contributed by atoms with E-state index in [1.54, 1.807) is 11.8 Å². The molecule has 1 aliphatic rings. The van der Waals surface area contributed by atoms with Crippen LogP contribution in [0.4, 0.5) is 0 Å². The molecule has 5 heteroatoms. The minimum atomic E-state index is 0.159. The van der Waals surface area contributed by atoms with E-state index < -0.39 is 0 Å². The lowest BCUT2D eigenvalue weighted by molar-refractivity contribution is 0.345. The van der Waals surface area contributed by atoms with Gasteiger partial charge in [-0.2, -0.15) is 4.98 Å². The Balaban J connectivity index is 1.83. The summed E-state index contributed by atoms with van der Waals surface area (Å²) in [4.78, 5) is 5.73. The van der Waals surface area contributed by atoms with Crippen molar-refractivity contribution in [1.82, 2.24) is 10.1 Å². The maximum Gasteiger partial charge on any atom is 0.231 e. The van der Waals surface area contributed by atoms with Crippen LogP contribution in [0.2, 0.25) is 0 Å². The third-order valence-corrected chi connectivity index (χ3v) is 4.42. The van der Waals surface area contributed by atoms with Crippen LogP contribution in [0.5, 0.6) is 0 Å². The summed E-state index contributed by atoms with van der Waals surface area (Å²) in [6.45, 7) is 0. The van der Waals surface area contributed by atoms with E-state index >= 15 is 0 Å². The van der Waals surface area contributed by atoms with Crippen LogP contribution in [0.3, 0.4) is 0 Å². The lowest BCUT2D eigenvalue weighted by Crippen LogP contribution is -2.22. The number of aromatic nitrogens is 2. The van der Waals surface area contributed by atoms with Gasteiger partial charge in [0.05, 0.1) is 5.92 Å². The van der Waals surface area contributed by atoms with Gasteiger partial charge in [0.25, 0.3) is 0 Å². The predicted octanol–water partition coefficient (Wildman–Crippen LogP) is 3.05. The quantitative estimate of drug-likeness (QED) is 0.872. The molecule has 1 saturated carbocycles. The highest BCUT2D eigenvalue weighted by Crippen LogP contribution is 2.33. The minimum absolute atomic E-state index is 0.159. The standard InChI is InChI=1S/C14H17N3OS/c1-19-10-7-5-9(6-8-10)13-16-14(18-17-13)11-3-2-4-12(11)15/h5-8,11-12H,2-4,15H2,1H3. The fourth-order valence-corrected chi connectivity index (χ4v) is 2.95. The Morgan fingerprint density at radius 1 is 1.26 bits per heavy atom. The summed E-state index contributed by atoms with van der Waals surface area (Å²) in [7, 11) is 0. The molecule has 3 rings (SSSR count). The Morgan fingerprint density at radius 3 is 2.68 bits per heavy atom. The molecule has 2 N–H and O–H groups in total. The molecule has 2 atom stereocenters. The van der Waals surface area contributed by atoms with Crippen molar-refractivity contribution < 1.29 is 4.52 Å². The fraction of sp³-hybridized carbons (Fsp3) is 0.429. The highest BCUT2D eigenvalue weighted by Gasteiger charge is 2.30. The van der Waals surface area contributed by atoms with Crippen molar-refractivity contribution in [2.24, 2.45) is 5.73 Å². The van der Waals surface area contributed by atoms with Gasteiger partial charge in [-0.3, -0.25) is 0 Å². The molecule has 100 valence electrons. The van der Waals surface area contributed by atoms with Crippen molar-refractivity contribution in [3.8, 4) is 11.4 Å². The Kier molecular flexibility index (Phi) is 3.57. The van der Waals surface area contributed by atoms with E-state index in [4.69, 9.17) is 10.3 Å². The van der Waals surface area contributed by atoms with Gasteiger partial charge in [0.15, 0.2) is 0 Å². The van der Waals surface area contributed by atoms with Crippen LogP contribution in [0, 0.1) is 0 Å². The summed E-state index contributed by atoms with van der Waals surface area (Å²) in [6.07, 6.45) is 5.30. The van der Waals surface area contributed by atoms with E-state index in [1.165, 1.54) is 4.90 Å². The van der Waals surface area contributed by atoms with E-state index in [-0.39, 0.29) is 12.0 Å². The Labute approximate surface area is 116 Å². The zero-order chi connectivity index (χ0) is 13.2. The molecule has 1 heterocycles. The van der Waals surface area contributed by atoms with Gasteiger partial charge < -0.3 is 10.3 Å². The molecule has 0 saturated heterocycles. The molecule has 1 aromatic carbocycles. The molecule has 19 heavy (non-hydrogen) atoms. The number of hydrogen-bond acceptors (Lipinski definition) is 5. The minimum Gasteiger partial charge on any atom is -0.339 e. The molecule has 2 aromatic rings. The van der Waals surface area contributed by atoms with E-state index in [2.05, 4.69) is 28.5 Å². The van der Waals surface area contributed by atoms with Gasteiger partial charge in [-0.05, 0) is 43.4 Å². The SMILES string of the molecule is CSc1ccc(-c2noc(C3CCCC3N)n2)cc1. The molecular weight excluding hydrogens is 258 g/mol. The normalized spacial score (nSPS) is 22.8. The molecule has 1 aromatic heterocycles. The van der Waals surface area contributed by atoms with Crippen LogP contribution in [-0.2, 0) is 0 Å². The highest BCUT2D eigenvalue weighted by molar-refractivity contribution is 7.98. The number of nitrogens with two attached hydrogens (primary N) is 1. The molecule has 2 unspecified atom stereocenters. The third kappa shape index (κ3) is 2.53. The highest BCUT2D eigenvalue weighted by atomic mass is 32.2. The lowest BCUT2D eigenvalue weighted by Gasteiger charge is -2.08. The number of thioether (sulfide) groups is 1. The smallest absolute Gasteiger partial charge is 0.231 e. The molecule has 0 amide bonds. The summed E-state index contributed by atoms with van der Waals surface area (Å²) < 4.78 is 5.38. The van der Waals surface area contributed by atoms with E-state index in [0.29, 0.717) is 11.7 Å². The first-order valence-electron chi connectivity index (χ1n) is 6.51. The number of hydrogen-bond donors (Lipinski definition) is 1. The van der Waals surface area contributed by atoms with Gasteiger partial charge >= 0.3 is 0 Å². The van der Waals surface area contributed by atoms with Crippen molar-refractivity contribution >= 4 is 11.8 Å². The second-order valence-electron chi connectivity index (χ2n) is 4.89. The molecule has 0 aliphatic heterocycles. The van der Waals surface area contributed by atoms with Gasteiger partial charge in [0, 0.05) is 16.5 Å². The Bertz CT molecular complexity index is 552. The largest absolute Gasteiger partial charge is 0.339 e. The first-order valence-corrected chi connectivity index (χ1v) is 7.74. The summed E-state index contributed by atoms with van der Waals surface area (Å²) in [5, 5.41) is 4.07. The first-order chi connectivity index (χ1) is 9.28. The van der Waals surface area contributed by atoms with Gasteiger partial charge in [-0.25, -0.2) is 0 Å². The van der Waals surface area contributed by atoms with Crippen LogP contribution in [0.1, 0.15) is 31.1 Å². The second-order valence-corrected chi connectivity index (χ2v) is 5.77. The number of nitrogens with zero attached hydrogens (tertiary/aromatic N) is 2. The first kappa shape index (κ1) is 12.7. The van der Waals surface area contributed by atoms with Crippen LogP contribution in [0.25, 0.3) is 11.4 Å². The molecule has 0 radical (unpaired) electrons. The molecule has 0 bridgehead atoms. The van der Waals surface area contributed by atoms with Crippen molar-refractivity contribution in [3.63, 3.8) is 0 Å². The van der Waals surface area contributed by atoms with Gasteiger partial charge in [0.1, 0.15) is 0 Å². The maximum atomic E-state index is 6.07. The van der Waals surface area contributed by atoms with Gasteiger partial charge in [-0.15, -0.1) is 11.8 Å². The average Bonchev–Trinajstić information content (AvgIpc) is 3.07. The van der Waals surface area contributed by atoms with Crippen molar-refractivity contribution in [3.05, 3.63) is 30.2 Å². The lowest BCUT2D eigenvalue weighted by atomic mass is 10.1. The monoisotopic (exact) mass is 275 g/mol. The molecule has 0 spiro atoms. The maximum absolute atomic E-state index is 6.07. The summed E-state index contributed by atoms with van der Waals surface area (Å²) in [6, 6.07) is 8.34. The topological polar surface area (TPSA) is 64.9 Å². The van der Waals surface area contributed by atoms with Crippen LogP contribution < -0.4 is 5.73 Å². The summed E-state index contributed by atoms with van der Waals surface area (Å²) in [5.41, 5.74) is 7.05. The van der Waals surface area contributed by atoms with Crippen LogP contribution >= 0.6 is 11.8 Å². The Hall–Kier alpha value is -1.33. The Morgan fingerprint density at radius 2 is 2.05 bits per heavy atom. The zero-order valence-electron chi connectivity index (χ0n) is 10.9. The van der Waals surface area contributed by atoms with Crippen LogP contribution in [-0.4, -0.2) is 22.4 Å². The van der Waals surface area contributed by atoms with Gasteiger partial charge in [0.2, 0.25) is 11.7 Å². The summed E-state index contributed by atoms with van der Waals surface area (Å²) in [5.74, 6) is 1.57. The molecular formula is C14H17N3OS. The zero-order valence-corrected chi connectivity index (χ0v) is 11.7.